The molecule has 0 atom stereocenters. The largest absolute Gasteiger partial charge is 0.0845 e. The SMILES string of the molecule is CC1=C/C=C/CCCCCC\C(C)=C\1C. The Morgan fingerprint density at radius 1 is 0.933 bits per heavy atom. The van der Waals surface area contributed by atoms with Gasteiger partial charge in [0, 0.05) is 0 Å². The zero-order valence-corrected chi connectivity index (χ0v) is 10.5. The molecule has 0 heteroatoms. The summed E-state index contributed by atoms with van der Waals surface area (Å²) in [6, 6.07) is 0. The van der Waals surface area contributed by atoms with Gasteiger partial charge in [-0.3, -0.25) is 0 Å². The Labute approximate surface area is 94.8 Å². The Morgan fingerprint density at radius 2 is 1.67 bits per heavy atom. The van der Waals surface area contributed by atoms with Crippen LogP contribution in [0.25, 0.3) is 0 Å². The van der Waals surface area contributed by atoms with E-state index in [4.69, 9.17) is 0 Å². The van der Waals surface area contributed by atoms with Gasteiger partial charge in [0.05, 0.1) is 0 Å². The van der Waals surface area contributed by atoms with E-state index in [1.165, 1.54) is 49.7 Å². The van der Waals surface area contributed by atoms with E-state index in [1.807, 2.05) is 0 Å². The molecule has 0 aliphatic heterocycles. The lowest BCUT2D eigenvalue weighted by Gasteiger charge is -2.09. The molecule has 1 aliphatic carbocycles. The summed E-state index contributed by atoms with van der Waals surface area (Å²) in [5, 5.41) is 0. The maximum Gasteiger partial charge on any atom is -0.0317 e. The van der Waals surface area contributed by atoms with Gasteiger partial charge < -0.3 is 0 Å². The molecular formula is C15H24. The van der Waals surface area contributed by atoms with Crippen LogP contribution in [0.1, 0.15) is 59.3 Å². The highest BCUT2D eigenvalue weighted by Gasteiger charge is 2.00. The van der Waals surface area contributed by atoms with Gasteiger partial charge in [0.15, 0.2) is 0 Å². The second-order valence-electron chi connectivity index (χ2n) is 4.64. The van der Waals surface area contributed by atoms with Crippen molar-refractivity contribution in [1.82, 2.24) is 0 Å². The van der Waals surface area contributed by atoms with Crippen molar-refractivity contribution < 1.29 is 0 Å². The standard InChI is InChI=1S/C15H24/c1-13-11-9-7-5-4-6-8-10-12-14(2)15(13)3/h7,9,11H,4-6,8,10,12H2,1-3H3/b9-7+,13-11-,15-14+. The van der Waals surface area contributed by atoms with Gasteiger partial charge in [0.2, 0.25) is 0 Å². The third-order valence-electron chi connectivity index (χ3n) is 3.39. The molecule has 0 amide bonds. The zero-order chi connectivity index (χ0) is 11.1. The van der Waals surface area contributed by atoms with Crippen LogP contribution in [-0.4, -0.2) is 0 Å². The van der Waals surface area contributed by atoms with Crippen LogP contribution >= 0.6 is 0 Å². The zero-order valence-electron chi connectivity index (χ0n) is 10.5. The van der Waals surface area contributed by atoms with Gasteiger partial charge in [0.1, 0.15) is 0 Å². The second kappa shape index (κ2) is 6.66. The summed E-state index contributed by atoms with van der Waals surface area (Å²) in [5.41, 5.74) is 4.47. The molecule has 1 rings (SSSR count). The van der Waals surface area contributed by atoms with Gasteiger partial charge in [-0.1, -0.05) is 36.6 Å². The van der Waals surface area contributed by atoms with E-state index < -0.39 is 0 Å². The van der Waals surface area contributed by atoms with Crippen LogP contribution in [0.3, 0.4) is 0 Å². The van der Waals surface area contributed by atoms with E-state index >= 15 is 0 Å². The fourth-order valence-corrected chi connectivity index (χ4v) is 1.96. The summed E-state index contributed by atoms with van der Waals surface area (Å²) < 4.78 is 0. The normalized spacial score (nSPS) is 31.0. The van der Waals surface area contributed by atoms with Crippen molar-refractivity contribution in [2.75, 3.05) is 0 Å². The highest BCUT2D eigenvalue weighted by molar-refractivity contribution is 5.33. The molecular weight excluding hydrogens is 180 g/mol. The molecule has 0 unspecified atom stereocenters. The van der Waals surface area contributed by atoms with E-state index in [1.54, 1.807) is 5.57 Å². The van der Waals surface area contributed by atoms with Crippen molar-refractivity contribution >= 4 is 0 Å². The molecule has 0 aromatic heterocycles. The van der Waals surface area contributed by atoms with Gasteiger partial charge in [-0.15, -0.1) is 0 Å². The summed E-state index contributed by atoms with van der Waals surface area (Å²) in [6.07, 6.45) is 14.8. The molecule has 84 valence electrons. The molecule has 15 heavy (non-hydrogen) atoms. The topological polar surface area (TPSA) is 0 Å². The Hall–Kier alpha value is -0.780. The maximum absolute atomic E-state index is 2.30. The van der Waals surface area contributed by atoms with Crippen molar-refractivity contribution in [2.45, 2.75) is 59.3 Å². The Balaban J connectivity index is 2.77. The lowest BCUT2D eigenvalue weighted by Crippen LogP contribution is -1.89. The number of rotatable bonds is 0. The highest BCUT2D eigenvalue weighted by atomic mass is 14.1. The first kappa shape index (κ1) is 12.3. The minimum absolute atomic E-state index is 1.24. The third-order valence-corrected chi connectivity index (χ3v) is 3.39. The number of allylic oxidation sites excluding steroid dienone is 6. The van der Waals surface area contributed by atoms with Gasteiger partial charge >= 0.3 is 0 Å². The first-order chi connectivity index (χ1) is 7.22. The van der Waals surface area contributed by atoms with E-state index in [2.05, 4.69) is 39.0 Å². The molecule has 0 saturated carbocycles. The Morgan fingerprint density at radius 3 is 2.47 bits per heavy atom. The predicted molar refractivity (Wildman–Crippen MR) is 69.0 cm³/mol. The molecule has 1 aliphatic rings. The average molecular weight is 204 g/mol. The minimum Gasteiger partial charge on any atom is -0.0845 e. The Bertz CT molecular complexity index is 276. The summed E-state index contributed by atoms with van der Waals surface area (Å²) >= 11 is 0. The lowest BCUT2D eigenvalue weighted by molar-refractivity contribution is 0.642. The first-order valence-electron chi connectivity index (χ1n) is 6.22. The highest BCUT2D eigenvalue weighted by Crippen LogP contribution is 2.20. The molecule has 0 fully saturated rings. The van der Waals surface area contributed by atoms with E-state index in [0.717, 1.165) is 0 Å². The average Bonchev–Trinajstić information content (AvgIpc) is 2.23. The van der Waals surface area contributed by atoms with Crippen LogP contribution in [0.2, 0.25) is 0 Å². The van der Waals surface area contributed by atoms with Gasteiger partial charge in [-0.25, -0.2) is 0 Å². The maximum atomic E-state index is 2.30. The fraction of sp³-hybridized carbons (Fsp3) is 0.600. The molecule has 0 nitrogen and oxygen atoms in total. The summed E-state index contributed by atoms with van der Waals surface area (Å²) in [4.78, 5) is 0. The molecule has 0 heterocycles. The van der Waals surface area contributed by atoms with Crippen LogP contribution in [0.5, 0.6) is 0 Å². The van der Waals surface area contributed by atoms with Gasteiger partial charge in [0.25, 0.3) is 0 Å². The monoisotopic (exact) mass is 204 g/mol. The molecule has 0 aromatic rings. The lowest BCUT2D eigenvalue weighted by atomic mass is 9.98. The van der Waals surface area contributed by atoms with Gasteiger partial charge in [-0.2, -0.15) is 0 Å². The van der Waals surface area contributed by atoms with Crippen molar-refractivity contribution in [3.8, 4) is 0 Å². The predicted octanol–water partition coefficient (Wildman–Crippen LogP) is 5.18. The van der Waals surface area contributed by atoms with Crippen molar-refractivity contribution in [1.29, 1.82) is 0 Å². The van der Waals surface area contributed by atoms with E-state index in [9.17, 15) is 0 Å². The summed E-state index contributed by atoms with van der Waals surface area (Å²) in [6.45, 7) is 6.75. The van der Waals surface area contributed by atoms with Crippen LogP contribution in [0.15, 0.2) is 34.9 Å². The second-order valence-corrected chi connectivity index (χ2v) is 4.64. The number of hydrogen-bond acceptors (Lipinski definition) is 0. The van der Waals surface area contributed by atoms with Crippen LogP contribution in [0.4, 0.5) is 0 Å². The smallest absolute Gasteiger partial charge is 0.0317 e. The first-order valence-corrected chi connectivity index (χ1v) is 6.22. The molecule has 0 N–H and O–H groups in total. The number of hydrogen-bond donors (Lipinski definition) is 0. The fourth-order valence-electron chi connectivity index (χ4n) is 1.96. The van der Waals surface area contributed by atoms with Gasteiger partial charge in [-0.05, 0) is 57.6 Å². The van der Waals surface area contributed by atoms with Crippen LogP contribution in [0, 0.1) is 0 Å². The molecule has 0 aromatic carbocycles. The molecule has 0 spiro atoms. The minimum atomic E-state index is 1.24. The van der Waals surface area contributed by atoms with Crippen LogP contribution < -0.4 is 0 Å². The molecule has 0 bridgehead atoms. The Kier molecular flexibility index (Phi) is 5.45. The molecule has 0 saturated heterocycles. The quantitative estimate of drug-likeness (QED) is 0.510. The van der Waals surface area contributed by atoms with E-state index in [-0.39, 0.29) is 0 Å². The third kappa shape index (κ3) is 4.51. The van der Waals surface area contributed by atoms with Crippen molar-refractivity contribution in [3.63, 3.8) is 0 Å². The summed E-state index contributed by atoms with van der Waals surface area (Å²) in [5.74, 6) is 0. The summed E-state index contributed by atoms with van der Waals surface area (Å²) in [7, 11) is 0. The molecule has 0 radical (unpaired) electrons. The van der Waals surface area contributed by atoms with Crippen LogP contribution in [-0.2, 0) is 0 Å². The van der Waals surface area contributed by atoms with Crippen molar-refractivity contribution in [3.05, 3.63) is 34.9 Å². The van der Waals surface area contributed by atoms with E-state index in [0.29, 0.717) is 0 Å². The van der Waals surface area contributed by atoms with Crippen molar-refractivity contribution in [2.24, 2.45) is 0 Å².